The molecule has 0 saturated carbocycles. The topological polar surface area (TPSA) is 77.1 Å². The summed E-state index contributed by atoms with van der Waals surface area (Å²) in [6, 6.07) is 3.39. The van der Waals surface area contributed by atoms with Gasteiger partial charge in [0.2, 0.25) is 0 Å². The predicted molar refractivity (Wildman–Crippen MR) is 74.0 cm³/mol. The van der Waals surface area contributed by atoms with Crippen molar-refractivity contribution in [3.05, 3.63) is 42.4 Å². The molecule has 3 rings (SSSR count). The molecule has 0 bridgehead atoms. The molecule has 0 aliphatic carbocycles. The molecule has 1 fully saturated rings. The van der Waals surface area contributed by atoms with Crippen LogP contribution in [0.2, 0.25) is 0 Å². The first-order valence-corrected chi connectivity index (χ1v) is 8.34. The lowest BCUT2D eigenvalue weighted by Crippen LogP contribution is -2.35. The van der Waals surface area contributed by atoms with Crippen molar-refractivity contribution in [2.45, 2.75) is 18.5 Å². The monoisotopic (exact) mass is 295 g/mol. The number of furan rings is 1. The van der Waals surface area contributed by atoms with Crippen LogP contribution in [0.15, 0.2) is 35.2 Å². The van der Waals surface area contributed by atoms with Crippen molar-refractivity contribution in [1.29, 1.82) is 0 Å². The molecule has 2 atom stereocenters. The van der Waals surface area contributed by atoms with Gasteiger partial charge in [-0.3, -0.25) is 5.32 Å². The fraction of sp³-hybridized carbons (Fsp3) is 0.462. The molecule has 2 aromatic heterocycles. The van der Waals surface area contributed by atoms with Gasteiger partial charge in [0, 0.05) is 25.5 Å². The Balaban J connectivity index is 1.86. The number of aromatic nitrogens is 2. The lowest BCUT2D eigenvalue weighted by molar-refractivity contribution is 0.401. The van der Waals surface area contributed by atoms with E-state index < -0.39 is 9.84 Å². The van der Waals surface area contributed by atoms with Gasteiger partial charge in [0.05, 0.1) is 17.8 Å². The summed E-state index contributed by atoms with van der Waals surface area (Å²) in [7, 11) is -1.00. The van der Waals surface area contributed by atoms with Crippen LogP contribution in [0.25, 0.3) is 0 Å². The predicted octanol–water partition coefficient (Wildman–Crippen LogP) is 0.879. The van der Waals surface area contributed by atoms with E-state index in [1.54, 1.807) is 12.5 Å². The van der Waals surface area contributed by atoms with Gasteiger partial charge in [0.25, 0.3) is 0 Å². The first-order chi connectivity index (χ1) is 9.55. The van der Waals surface area contributed by atoms with E-state index in [-0.39, 0.29) is 23.6 Å². The van der Waals surface area contributed by atoms with Gasteiger partial charge in [-0.15, -0.1) is 0 Å². The highest BCUT2D eigenvalue weighted by Gasteiger charge is 2.32. The van der Waals surface area contributed by atoms with E-state index in [1.807, 2.05) is 29.9 Å². The van der Waals surface area contributed by atoms with Crippen LogP contribution in [-0.4, -0.2) is 35.5 Å². The SMILES string of the molecule is Cn1ccnc1C(NC1CCS(=O)(=O)C1)c1ccco1. The molecule has 20 heavy (non-hydrogen) atoms. The molecule has 0 spiro atoms. The van der Waals surface area contributed by atoms with Gasteiger partial charge < -0.3 is 8.98 Å². The van der Waals surface area contributed by atoms with Crippen molar-refractivity contribution in [3.8, 4) is 0 Å². The van der Waals surface area contributed by atoms with Crippen LogP contribution in [0, 0.1) is 0 Å². The second kappa shape index (κ2) is 5.06. The second-order valence-corrected chi connectivity index (χ2v) is 7.34. The number of aryl methyl sites for hydroxylation is 1. The minimum absolute atomic E-state index is 0.0631. The Morgan fingerprint density at radius 1 is 1.55 bits per heavy atom. The normalized spacial score (nSPS) is 22.9. The average molecular weight is 295 g/mol. The molecule has 1 aliphatic heterocycles. The van der Waals surface area contributed by atoms with E-state index in [0.717, 1.165) is 11.6 Å². The lowest BCUT2D eigenvalue weighted by atomic mass is 10.1. The van der Waals surface area contributed by atoms with E-state index in [9.17, 15) is 8.42 Å². The summed E-state index contributed by atoms with van der Waals surface area (Å²) in [6.45, 7) is 0. The quantitative estimate of drug-likeness (QED) is 0.906. The number of hydrogen-bond acceptors (Lipinski definition) is 5. The number of sulfone groups is 1. The van der Waals surface area contributed by atoms with Crippen molar-refractivity contribution in [3.63, 3.8) is 0 Å². The van der Waals surface area contributed by atoms with Gasteiger partial charge in [-0.05, 0) is 18.6 Å². The summed E-state index contributed by atoms with van der Waals surface area (Å²) < 4.78 is 30.5. The van der Waals surface area contributed by atoms with Crippen molar-refractivity contribution >= 4 is 9.84 Å². The van der Waals surface area contributed by atoms with E-state index in [4.69, 9.17) is 4.42 Å². The Bertz CT molecular complexity index is 676. The Labute approximate surface area is 117 Å². The summed E-state index contributed by atoms with van der Waals surface area (Å²) >= 11 is 0. The van der Waals surface area contributed by atoms with E-state index in [0.29, 0.717) is 6.42 Å². The van der Waals surface area contributed by atoms with Gasteiger partial charge in [0.1, 0.15) is 17.6 Å². The zero-order valence-electron chi connectivity index (χ0n) is 11.2. The largest absolute Gasteiger partial charge is 0.467 e. The minimum Gasteiger partial charge on any atom is -0.467 e. The zero-order chi connectivity index (χ0) is 14.2. The third-order valence-corrected chi connectivity index (χ3v) is 5.35. The zero-order valence-corrected chi connectivity index (χ0v) is 12.0. The standard InChI is InChI=1S/C13H17N3O3S/c1-16-6-5-14-13(16)12(11-3-2-7-19-11)15-10-4-8-20(17,18)9-10/h2-3,5-7,10,12,15H,4,8-9H2,1H3. The first kappa shape index (κ1) is 13.4. The summed E-state index contributed by atoms with van der Waals surface area (Å²) in [4.78, 5) is 4.34. The molecular weight excluding hydrogens is 278 g/mol. The molecule has 108 valence electrons. The van der Waals surface area contributed by atoms with Crippen LogP contribution < -0.4 is 5.32 Å². The molecule has 0 amide bonds. The molecule has 0 aromatic carbocycles. The Kier molecular flexibility index (Phi) is 3.39. The number of nitrogens with one attached hydrogen (secondary N) is 1. The van der Waals surface area contributed by atoms with Crippen LogP contribution in [-0.2, 0) is 16.9 Å². The molecule has 3 heterocycles. The Morgan fingerprint density at radius 3 is 2.95 bits per heavy atom. The van der Waals surface area contributed by atoms with Gasteiger partial charge in [-0.2, -0.15) is 0 Å². The average Bonchev–Trinajstić information content (AvgIpc) is 3.08. The molecule has 7 heteroatoms. The van der Waals surface area contributed by atoms with E-state index >= 15 is 0 Å². The summed E-state index contributed by atoms with van der Waals surface area (Å²) in [5.74, 6) is 1.97. The third-order valence-electron chi connectivity index (χ3n) is 3.58. The number of rotatable bonds is 4. The number of imidazole rings is 1. The van der Waals surface area contributed by atoms with Crippen molar-refractivity contribution in [2.24, 2.45) is 7.05 Å². The van der Waals surface area contributed by atoms with E-state index in [1.165, 1.54) is 0 Å². The second-order valence-electron chi connectivity index (χ2n) is 5.11. The Morgan fingerprint density at radius 2 is 2.40 bits per heavy atom. The number of hydrogen-bond donors (Lipinski definition) is 1. The highest BCUT2D eigenvalue weighted by molar-refractivity contribution is 7.91. The number of nitrogens with zero attached hydrogens (tertiary/aromatic N) is 2. The van der Waals surface area contributed by atoms with Crippen LogP contribution in [0.3, 0.4) is 0 Å². The summed E-state index contributed by atoms with van der Waals surface area (Å²) in [6.07, 6.45) is 5.82. The molecular formula is C13H17N3O3S. The van der Waals surface area contributed by atoms with Gasteiger partial charge in [0.15, 0.2) is 9.84 Å². The highest BCUT2D eigenvalue weighted by Crippen LogP contribution is 2.24. The molecule has 1 N–H and O–H groups in total. The van der Waals surface area contributed by atoms with Crippen LogP contribution in [0.4, 0.5) is 0 Å². The van der Waals surface area contributed by atoms with Crippen molar-refractivity contribution in [1.82, 2.24) is 14.9 Å². The summed E-state index contributed by atoms with van der Waals surface area (Å²) in [5.41, 5.74) is 0. The Hall–Kier alpha value is -1.60. The van der Waals surface area contributed by atoms with Gasteiger partial charge in [-0.25, -0.2) is 13.4 Å². The summed E-state index contributed by atoms with van der Waals surface area (Å²) in [5, 5.41) is 3.36. The first-order valence-electron chi connectivity index (χ1n) is 6.52. The minimum atomic E-state index is -2.91. The smallest absolute Gasteiger partial charge is 0.151 e. The van der Waals surface area contributed by atoms with Gasteiger partial charge in [-0.1, -0.05) is 0 Å². The van der Waals surface area contributed by atoms with Gasteiger partial charge >= 0.3 is 0 Å². The van der Waals surface area contributed by atoms with Crippen LogP contribution >= 0.6 is 0 Å². The maximum absolute atomic E-state index is 11.6. The third kappa shape index (κ3) is 2.64. The molecule has 2 unspecified atom stereocenters. The van der Waals surface area contributed by atoms with Crippen molar-refractivity contribution in [2.75, 3.05) is 11.5 Å². The fourth-order valence-corrected chi connectivity index (χ4v) is 4.24. The molecule has 1 aliphatic rings. The van der Waals surface area contributed by atoms with Crippen LogP contribution in [0.5, 0.6) is 0 Å². The maximum Gasteiger partial charge on any atom is 0.151 e. The van der Waals surface area contributed by atoms with E-state index in [2.05, 4.69) is 10.3 Å². The van der Waals surface area contributed by atoms with Crippen LogP contribution in [0.1, 0.15) is 24.0 Å². The maximum atomic E-state index is 11.6. The molecule has 1 saturated heterocycles. The fourth-order valence-electron chi connectivity index (χ4n) is 2.56. The molecule has 0 radical (unpaired) electrons. The highest BCUT2D eigenvalue weighted by atomic mass is 32.2. The molecule has 6 nitrogen and oxygen atoms in total. The van der Waals surface area contributed by atoms with Crippen molar-refractivity contribution < 1.29 is 12.8 Å². The molecule has 2 aromatic rings. The lowest BCUT2D eigenvalue weighted by Gasteiger charge is -2.20.